The number of ketones is 1. The van der Waals surface area contributed by atoms with Crippen LogP contribution in [0.1, 0.15) is 29.3 Å². The highest BCUT2D eigenvalue weighted by molar-refractivity contribution is 6.08. The second kappa shape index (κ2) is 9.56. The van der Waals surface area contributed by atoms with Crippen molar-refractivity contribution < 1.29 is 19.1 Å². The Morgan fingerprint density at radius 1 is 0.938 bits per heavy atom. The highest BCUT2D eigenvalue weighted by atomic mass is 19.1. The Balaban J connectivity index is 1.58. The third kappa shape index (κ3) is 4.59. The van der Waals surface area contributed by atoms with E-state index in [-0.39, 0.29) is 30.1 Å². The predicted molar refractivity (Wildman–Crippen MR) is 118 cm³/mol. The maximum absolute atomic E-state index is 13.2. The lowest BCUT2D eigenvalue weighted by Crippen LogP contribution is -2.33. The summed E-state index contributed by atoms with van der Waals surface area (Å²) in [6.45, 7) is 0.255. The molecule has 0 aliphatic carbocycles. The van der Waals surface area contributed by atoms with Crippen LogP contribution in [0.5, 0.6) is 0 Å². The molecule has 1 unspecified atom stereocenters. The van der Waals surface area contributed by atoms with Crippen LogP contribution in [0.15, 0.2) is 90.3 Å². The minimum Gasteiger partial charge on any atom is -0.503 e. The van der Waals surface area contributed by atoms with Crippen LogP contribution in [-0.2, 0) is 22.4 Å². The van der Waals surface area contributed by atoms with Gasteiger partial charge in [0.1, 0.15) is 11.9 Å². The molecule has 2 heterocycles. The number of aliphatic hydroxyl groups is 1. The topological polar surface area (TPSA) is 70.5 Å². The number of carbonyl (C=O) groups excluding carboxylic acids is 2. The van der Waals surface area contributed by atoms with Gasteiger partial charge in [0.15, 0.2) is 11.5 Å². The minimum absolute atomic E-state index is 0.0868. The highest BCUT2D eigenvalue weighted by Crippen LogP contribution is 2.37. The molecule has 32 heavy (non-hydrogen) atoms. The van der Waals surface area contributed by atoms with E-state index < -0.39 is 17.7 Å². The zero-order valence-corrected chi connectivity index (χ0v) is 17.4. The summed E-state index contributed by atoms with van der Waals surface area (Å²) in [6, 6.07) is 20.2. The van der Waals surface area contributed by atoms with Crippen molar-refractivity contribution in [1.29, 1.82) is 0 Å². The Labute approximate surface area is 185 Å². The molecule has 6 heteroatoms. The van der Waals surface area contributed by atoms with Gasteiger partial charge < -0.3 is 10.0 Å². The Hall–Kier alpha value is -3.80. The summed E-state index contributed by atoms with van der Waals surface area (Å²) < 4.78 is 13.2. The summed E-state index contributed by atoms with van der Waals surface area (Å²) in [5, 5.41) is 10.7. The number of rotatable bonds is 8. The number of nitrogens with zero attached hydrogens (tertiary/aromatic N) is 2. The first kappa shape index (κ1) is 21.4. The van der Waals surface area contributed by atoms with Crippen molar-refractivity contribution in [2.75, 3.05) is 6.54 Å². The van der Waals surface area contributed by atoms with Crippen molar-refractivity contribution in [1.82, 2.24) is 9.88 Å². The van der Waals surface area contributed by atoms with E-state index in [1.54, 1.807) is 36.5 Å². The van der Waals surface area contributed by atoms with Crippen LogP contribution < -0.4 is 0 Å². The fourth-order valence-electron chi connectivity index (χ4n) is 3.95. The van der Waals surface area contributed by atoms with E-state index in [1.807, 2.05) is 30.3 Å². The number of hydrogen-bond donors (Lipinski definition) is 1. The van der Waals surface area contributed by atoms with Gasteiger partial charge in [-0.3, -0.25) is 14.6 Å². The molecule has 0 bridgehead atoms. The fourth-order valence-corrected chi connectivity index (χ4v) is 3.95. The van der Waals surface area contributed by atoms with Gasteiger partial charge in [-0.1, -0.05) is 48.5 Å². The van der Waals surface area contributed by atoms with E-state index in [2.05, 4.69) is 4.98 Å². The number of aliphatic hydroxyl groups excluding tert-OH is 1. The zero-order chi connectivity index (χ0) is 22.5. The first-order chi connectivity index (χ1) is 15.5. The molecule has 162 valence electrons. The number of pyridine rings is 1. The zero-order valence-electron chi connectivity index (χ0n) is 17.4. The van der Waals surface area contributed by atoms with Gasteiger partial charge in [0.2, 0.25) is 0 Å². The number of aryl methyl sites for hydroxylation is 1. The molecule has 0 radical (unpaired) electrons. The third-order valence-electron chi connectivity index (χ3n) is 5.61. The van der Waals surface area contributed by atoms with E-state index >= 15 is 0 Å². The number of aromatic nitrogens is 1. The van der Waals surface area contributed by atoms with Crippen LogP contribution in [0, 0.1) is 5.82 Å². The van der Waals surface area contributed by atoms with Crippen LogP contribution in [0.4, 0.5) is 4.39 Å². The largest absolute Gasteiger partial charge is 0.503 e. The summed E-state index contributed by atoms with van der Waals surface area (Å²) in [6.07, 6.45) is 2.73. The molecule has 5 nitrogen and oxygen atoms in total. The first-order valence-electron chi connectivity index (χ1n) is 10.5. The van der Waals surface area contributed by atoms with Gasteiger partial charge in [-0.05, 0) is 48.2 Å². The second-order valence-corrected chi connectivity index (χ2v) is 7.70. The number of carbonyl (C=O) groups is 2. The number of benzene rings is 2. The average Bonchev–Trinajstić information content (AvgIpc) is 3.08. The van der Waals surface area contributed by atoms with Gasteiger partial charge in [-0.25, -0.2) is 4.39 Å². The Morgan fingerprint density at radius 3 is 2.31 bits per heavy atom. The van der Waals surface area contributed by atoms with Gasteiger partial charge in [-0.15, -0.1) is 0 Å². The first-order valence-corrected chi connectivity index (χ1v) is 10.5. The predicted octanol–water partition coefficient (Wildman–Crippen LogP) is 4.36. The van der Waals surface area contributed by atoms with E-state index in [1.165, 1.54) is 17.0 Å². The van der Waals surface area contributed by atoms with Gasteiger partial charge >= 0.3 is 0 Å². The van der Waals surface area contributed by atoms with Crippen LogP contribution in [0.25, 0.3) is 0 Å². The van der Waals surface area contributed by atoms with Crippen molar-refractivity contribution in [3.63, 3.8) is 0 Å². The number of Topliss-reactive ketones (excluding diaryl/α,β-unsaturated/α-hetero) is 1. The quantitative estimate of drug-likeness (QED) is 0.577. The van der Waals surface area contributed by atoms with Crippen molar-refractivity contribution in [2.24, 2.45) is 0 Å². The molecule has 1 aliphatic rings. The van der Waals surface area contributed by atoms with Crippen molar-refractivity contribution >= 4 is 11.7 Å². The number of amides is 1. The van der Waals surface area contributed by atoms with Crippen molar-refractivity contribution in [3.05, 3.63) is 113 Å². The molecule has 0 saturated heterocycles. The molecule has 1 N–H and O–H groups in total. The van der Waals surface area contributed by atoms with Crippen LogP contribution in [0.2, 0.25) is 0 Å². The molecular formula is C26H23FN2O3. The van der Waals surface area contributed by atoms with E-state index in [9.17, 15) is 19.1 Å². The molecule has 1 atom stereocenters. The van der Waals surface area contributed by atoms with E-state index in [0.717, 1.165) is 11.1 Å². The van der Waals surface area contributed by atoms with Crippen LogP contribution in [0.3, 0.4) is 0 Å². The van der Waals surface area contributed by atoms with Gasteiger partial charge in [0, 0.05) is 19.2 Å². The van der Waals surface area contributed by atoms with Gasteiger partial charge in [0.05, 0.1) is 11.3 Å². The maximum Gasteiger partial charge on any atom is 0.290 e. The molecule has 1 aliphatic heterocycles. The molecule has 3 aromatic rings. The molecule has 0 fully saturated rings. The van der Waals surface area contributed by atoms with Crippen LogP contribution in [-0.4, -0.2) is 33.2 Å². The lowest BCUT2D eigenvalue weighted by molar-refractivity contribution is -0.129. The van der Waals surface area contributed by atoms with Gasteiger partial charge in [-0.2, -0.15) is 0 Å². The van der Waals surface area contributed by atoms with Crippen LogP contribution >= 0.6 is 0 Å². The monoisotopic (exact) mass is 430 g/mol. The van der Waals surface area contributed by atoms with E-state index in [4.69, 9.17) is 0 Å². The Bertz CT molecular complexity index is 1130. The Morgan fingerprint density at radius 2 is 1.62 bits per heavy atom. The summed E-state index contributed by atoms with van der Waals surface area (Å²) in [5.74, 6) is -1.72. The summed E-state index contributed by atoms with van der Waals surface area (Å²) >= 11 is 0. The lowest BCUT2D eigenvalue weighted by Gasteiger charge is -2.26. The minimum atomic E-state index is -0.757. The summed E-state index contributed by atoms with van der Waals surface area (Å²) in [7, 11) is 0. The molecule has 0 saturated carbocycles. The molecular weight excluding hydrogens is 407 g/mol. The summed E-state index contributed by atoms with van der Waals surface area (Å²) in [5.41, 5.74) is 2.46. The lowest BCUT2D eigenvalue weighted by atomic mass is 9.95. The molecule has 4 rings (SSSR count). The standard InChI is InChI=1S/C26H23FN2O3/c27-20-12-9-19(10-13-20)15-17-29-24(21-8-4-5-16-28-21)23(25(31)26(29)32)22(30)14-11-18-6-2-1-3-7-18/h1-10,12-13,16,24,31H,11,14-15,17H2. The molecule has 2 aromatic carbocycles. The Kier molecular flexibility index (Phi) is 6.40. The van der Waals surface area contributed by atoms with Crippen molar-refractivity contribution in [2.45, 2.75) is 25.3 Å². The molecule has 0 spiro atoms. The summed E-state index contributed by atoms with van der Waals surface area (Å²) in [4.78, 5) is 31.9. The second-order valence-electron chi connectivity index (χ2n) is 7.70. The molecule has 1 aromatic heterocycles. The molecule has 1 amide bonds. The maximum atomic E-state index is 13.2. The normalized spacial score (nSPS) is 16.0. The smallest absolute Gasteiger partial charge is 0.290 e. The number of halogens is 1. The number of hydrogen-bond acceptors (Lipinski definition) is 4. The third-order valence-corrected chi connectivity index (χ3v) is 5.61. The van der Waals surface area contributed by atoms with E-state index in [0.29, 0.717) is 18.5 Å². The highest BCUT2D eigenvalue weighted by Gasteiger charge is 2.43. The van der Waals surface area contributed by atoms with Crippen molar-refractivity contribution in [3.8, 4) is 0 Å². The average molecular weight is 430 g/mol. The fraction of sp³-hybridized carbons (Fsp3) is 0.192. The van der Waals surface area contributed by atoms with Gasteiger partial charge in [0.25, 0.3) is 5.91 Å². The SMILES string of the molecule is O=C(CCc1ccccc1)C1=C(O)C(=O)N(CCc2ccc(F)cc2)C1c1ccccn1.